The molecule has 130 valence electrons. The Kier molecular flexibility index (Phi) is 5.09. The van der Waals surface area contributed by atoms with Crippen LogP contribution in [-0.2, 0) is 0 Å². The number of methoxy groups -OCH3 is 4. The molecule has 3 aromatic rings. The average molecular weight is 357 g/mol. The lowest BCUT2D eigenvalue weighted by atomic mass is 10.1. The molecular formula is C19H19NO4S. The first-order valence-electron chi connectivity index (χ1n) is 7.61. The summed E-state index contributed by atoms with van der Waals surface area (Å²) in [5, 5.41) is 2.83. The van der Waals surface area contributed by atoms with Gasteiger partial charge in [-0.25, -0.2) is 4.98 Å². The molecule has 0 fully saturated rings. The van der Waals surface area contributed by atoms with Crippen molar-refractivity contribution in [3.8, 4) is 44.8 Å². The molecule has 2 aromatic carbocycles. The van der Waals surface area contributed by atoms with Gasteiger partial charge in [-0.3, -0.25) is 0 Å². The van der Waals surface area contributed by atoms with Gasteiger partial charge in [-0.2, -0.15) is 0 Å². The molecule has 0 bridgehead atoms. The zero-order chi connectivity index (χ0) is 17.8. The van der Waals surface area contributed by atoms with E-state index < -0.39 is 0 Å². The minimum Gasteiger partial charge on any atom is -0.497 e. The minimum absolute atomic E-state index is 0.670. The van der Waals surface area contributed by atoms with Crippen LogP contribution in [0.3, 0.4) is 0 Å². The van der Waals surface area contributed by atoms with E-state index in [-0.39, 0.29) is 0 Å². The lowest BCUT2D eigenvalue weighted by molar-refractivity contribution is 0.356. The van der Waals surface area contributed by atoms with Gasteiger partial charge in [0.25, 0.3) is 0 Å². The summed E-state index contributed by atoms with van der Waals surface area (Å²) in [6.07, 6.45) is 0. The standard InChI is InChI=1S/C19H19NO4S/c1-21-12-8-9-16(22-2)14(10-12)15-11-25-19(20-15)13-6-5-7-17(23-3)18(13)24-4/h5-11H,1-4H3. The van der Waals surface area contributed by atoms with Gasteiger partial charge < -0.3 is 18.9 Å². The Bertz CT molecular complexity index is 859. The molecule has 0 saturated carbocycles. The summed E-state index contributed by atoms with van der Waals surface area (Å²) in [5.41, 5.74) is 2.59. The molecule has 25 heavy (non-hydrogen) atoms. The van der Waals surface area contributed by atoms with Crippen LogP contribution in [0.1, 0.15) is 0 Å². The maximum Gasteiger partial charge on any atom is 0.170 e. The predicted molar refractivity (Wildman–Crippen MR) is 99.2 cm³/mol. The molecule has 3 rings (SSSR count). The minimum atomic E-state index is 0.670. The fourth-order valence-corrected chi connectivity index (χ4v) is 3.43. The van der Waals surface area contributed by atoms with E-state index in [1.54, 1.807) is 28.4 Å². The first kappa shape index (κ1) is 17.1. The lowest BCUT2D eigenvalue weighted by Crippen LogP contribution is -1.93. The highest BCUT2D eigenvalue weighted by Crippen LogP contribution is 2.41. The van der Waals surface area contributed by atoms with Gasteiger partial charge in [0.1, 0.15) is 16.5 Å². The molecule has 0 amide bonds. The summed E-state index contributed by atoms with van der Waals surface area (Å²) in [6, 6.07) is 11.4. The summed E-state index contributed by atoms with van der Waals surface area (Å²) in [4.78, 5) is 4.77. The molecule has 0 spiro atoms. The van der Waals surface area contributed by atoms with E-state index in [2.05, 4.69) is 0 Å². The van der Waals surface area contributed by atoms with E-state index >= 15 is 0 Å². The number of rotatable bonds is 6. The predicted octanol–water partition coefficient (Wildman–Crippen LogP) is 4.51. The first-order chi connectivity index (χ1) is 12.2. The maximum absolute atomic E-state index is 5.52. The Balaban J connectivity index is 2.08. The monoisotopic (exact) mass is 357 g/mol. The van der Waals surface area contributed by atoms with Crippen molar-refractivity contribution in [3.05, 3.63) is 41.8 Å². The van der Waals surface area contributed by atoms with Crippen LogP contribution >= 0.6 is 11.3 Å². The number of ether oxygens (including phenoxy) is 4. The van der Waals surface area contributed by atoms with Crippen molar-refractivity contribution in [1.82, 2.24) is 4.98 Å². The maximum atomic E-state index is 5.52. The van der Waals surface area contributed by atoms with Crippen molar-refractivity contribution in [2.24, 2.45) is 0 Å². The number of hydrogen-bond donors (Lipinski definition) is 0. The second-order valence-corrected chi connectivity index (χ2v) is 6.00. The topological polar surface area (TPSA) is 49.8 Å². The van der Waals surface area contributed by atoms with Crippen LogP contribution in [0.2, 0.25) is 0 Å². The Morgan fingerprint density at radius 2 is 1.60 bits per heavy atom. The zero-order valence-corrected chi connectivity index (χ0v) is 15.3. The molecule has 1 aromatic heterocycles. The largest absolute Gasteiger partial charge is 0.497 e. The summed E-state index contributed by atoms with van der Waals surface area (Å²) >= 11 is 1.54. The fourth-order valence-electron chi connectivity index (χ4n) is 2.59. The average Bonchev–Trinajstić information content (AvgIpc) is 3.16. The van der Waals surface area contributed by atoms with Gasteiger partial charge in [-0.15, -0.1) is 11.3 Å². The van der Waals surface area contributed by atoms with E-state index in [0.717, 1.165) is 33.3 Å². The van der Waals surface area contributed by atoms with Gasteiger partial charge in [-0.05, 0) is 30.3 Å². The van der Waals surface area contributed by atoms with Crippen molar-refractivity contribution in [2.45, 2.75) is 0 Å². The number of thiazole rings is 1. The number of hydrogen-bond acceptors (Lipinski definition) is 6. The van der Waals surface area contributed by atoms with Gasteiger partial charge in [0, 0.05) is 10.9 Å². The smallest absolute Gasteiger partial charge is 0.170 e. The zero-order valence-electron chi connectivity index (χ0n) is 14.5. The summed E-state index contributed by atoms with van der Waals surface area (Å²) < 4.78 is 21.7. The molecule has 0 saturated heterocycles. The fraction of sp³-hybridized carbons (Fsp3) is 0.211. The van der Waals surface area contributed by atoms with Gasteiger partial charge in [0.15, 0.2) is 11.5 Å². The number of para-hydroxylation sites is 1. The Morgan fingerprint density at radius 3 is 2.28 bits per heavy atom. The van der Waals surface area contributed by atoms with Crippen LogP contribution in [0.5, 0.6) is 23.0 Å². The van der Waals surface area contributed by atoms with Crippen LogP contribution in [0.4, 0.5) is 0 Å². The van der Waals surface area contributed by atoms with E-state index in [9.17, 15) is 0 Å². The summed E-state index contributed by atoms with van der Waals surface area (Å²) in [5.74, 6) is 2.85. The summed E-state index contributed by atoms with van der Waals surface area (Å²) in [7, 11) is 6.53. The molecule has 0 atom stereocenters. The van der Waals surface area contributed by atoms with Crippen molar-refractivity contribution < 1.29 is 18.9 Å². The van der Waals surface area contributed by atoms with Crippen LogP contribution in [-0.4, -0.2) is 33.4 Å². The number of benzene rings is 2. The quantitative estimate of drug-likeness (QED) is 0.649. The Morgan fingerprint density at radius 1 is 0.800 bits per heavy atom. The van der Waals surface area contributed by atoms with Crippen molar-refractivity contribution in [1.29, 1.82) is 0 Å². The van der Waals surface area contributed by atoms with Gasteiger partial charge in [-0.1, -0.05) is 6.07 Å². The summed E-state index contributed by atoms with van der Waals surface area (Å²) in [6.45, 7) is 0. The number of aromatic nitrogens is 1. The molecule has 1 heterocycles. The SMILES string of the molecule is COc1ccc(OC)c(-c2csc(-c3cccc(OC)c3OC)n2)c1. The van der Waals surface area contributed by atoms with Crippen LogP contribution < -0.4 is 18.9 Å². The molecule has 0 aliphatic heterocycles. The third-order valence-corrected chi connectivity index (χ3v) is 4.70. The lowest BCUT2D eigenvalue weighted by Gasteiger charge is -2.11. The third kappa shape index (κ3) is 3.25. The van der Waals surface area contributed by atoms with Crippen molar-refractivity contribution >= 4 is 11.3 Å². The molecule has 0 aliphatic carbocycles. The molecule has 6 heteroatoms. The molecule has 0 aliphatic rings. The van der Waals surface area contributed by atoms with Crippen molar-refractivity contribution in [2.75, 3.05) is 28.4 Å². The van der Waals surface area contributed by atoms with Crippen LogP contribution in [0, 0.1) is 0 Å². The van der Waals surface area contributed by atoms with E-state index in [1.165, 1.54) is 11.3 Å². The number of nitrogens with zero attached hydrogens (tertiary/aromatic N) is 1. The molecule has 5 nitrogen and oxygen atoms in total. The van der Waals surface area contributed by atoms with Crippen LogP contribution in [0.15, 0.2) is 41.8 Å². The van der Waals surface area contributed by atoms with E-state index in [4.69, 9.17) is 23.9 Å². The second kappa shape index (κ2) is 7.44. The van der Waals surface area contributed by atoms with E-state index in [1.807, 2.05) is 41.8 Å². The molecule has 0 unspecified atom stereocenters. The molecular weight excluding hydrogens is 338 g/mol. The second-order valence-electron chi connectivity index (χ2n) is 5.15. The third-order valence-electron chi connectivity index (χ3n) is 3.82. The highest BCUT2D eigenvalue weighted by Gasteiger charge is 2.17. The Hall–Kier alpha value is -2.73. The van der Waals surface area contributed by atoms with Crippen molar-refractivity contribution in [3.63, 3.8) is 0 Å². The van der Waals surface area contributed by atoms with Crippen LogP contribution in [0.25, 0.3) is 21.8 Å². The first-order valence-corrected chi connectivity index (χ1v) is 8.49. The molecule has 0 N–H and O–H groups in total. The normalized spacial score (nSPS) is 10.4. The highest BCUT2D eigenvalue weighted by atomic mass is 32.1. The Labute approximate surface area is 150 Å². The van der Waals surface area contributed by atoms with E-state index in [0.29, 0.717) is 11.5 Å². The van der Waals surface area contributed by atoms with Gasteiger partial charge >= 0.3 is 0 Å². The van der Waals surface area contributed by atoms with Gasteiger partial charge in [0.2, 0.25) is 0 Å². The van der Waals surface area contributed by atoms with Gasteiger partial charge in [0.05, 0.1) is 39.7 Å². The highest BCUT2D eigenvalue weighted by molar-refractivity contribution is 7.13. The molecule has 0 radical (unpaired) electrons.